The molecular formula is C13H18O2. The molecule has 82 valence electrons. The van der Waals surface area contributed by atoms with Gasteiger partial charge >= 0.3 is 0 Å². The van der Waals surface area contributed by atoms with Crippen molar-refractivity contribution in [2.45, 2.75) is 19.3 Å². The van der Waals surface area contributed by atoms with Crippen LogP contribution in [0.3, 0.4) is 0 Å². The standard InChI is InChI=1S/C13H18O2/c1-10(7-14)13-4-2-11(3-5-13)6-12-8-15-9-12/h2-5,10,12,14H,6-9H2,1H3. The van der Waals surface area contributed by atoms with Crippen LogP contribution in [-0.4, -0.2) is 24.9 Å². The van der Waals surface area contributed by atoms with Gasteiger partial charge in [-0.25, -0.2) is 0 Å². The molecule has 0 amide bonds. The molecule has 1 aromatic rings. The second-order valence-corrected chi connectivity index (χ2v) is 4.43. The molecular weight excluding hydrogens is 188 g/mol. The highest BCUT2D eigenvalue weighted by Gasteiger charge is 2.18. The maximum Gasteiger partial charge on any atom is 0.0519 e. The summed E-state index contributed by atoms with van der Waals surface area (Å²) in [5, 5.41) is 9.03. The normalized spacial score (nSPS) is 18.5. The minimum Gasteiger partial charge on any atom is -0.396 e. The Hall–Kier alpha value is -0.860. The monoisotopic (exact) mass is 206 g/mol. The Labute approximate surface area is 90.9 Å². The van der Waals surface area contributed by atoms with Crippen molar-refractivity contribution in [2.75, 3.05) is 19.8 Å². The van der Waals surface area contributed by atoms with Gasteiger partial charge in [-0.3, -0.25) is 0 Å². The molecule has 1 fully saturated rings. The lowest BCUT2D eigenvalue weighted by Gasteiger charge is -2.26. The summed E-state index contributed by atoms with van der Waals surface area (Å²) in [6, 6.07) is 8.57. The molecule has 2 heteroatoms. The summed E-state index contributed by atoms with van der Waals surface area (Å²) in [5.74, 6) is 0.956. The number of aliphatic hydroxyl groups is 1. The molecule has 2 rings (SSSR count). The molecule has 1 aliphatic rings. The lowest BCUT2D eigenvalue weighted by Crippen LogP contribution is -2.29. The first-order valence-electron chi connectivity index (χ1n) is 5.57. The highest BCUT2D eigenvalue weighted by molar-refractivity contribution is 5.25. The molecule has 1 unspecified atom stereocenters. The van der Waals surface area contributed by atoms with Gasteiger partial charge in [0.25, 0.3) is 0 Å². The number of rotatable bonds is 4. The summed E-state index contributed by atoms with van der Waals surface area (Å²) in [5.41, 5.74) is 2.59. The van der Waals surface area contributed by atoms with Gasteiger partial charge < -0.3 is 9.84 Å². The molecule has 0 bridgehead atoms. The van der Waals surface area contributed by atoms with E-state index in [-0.39, 0.29) is 12.5 Å². The van der Waals surface area contributed by atoms with Crippen LogP contribution in [0.4, 0.5) is 0 Å². The fourth-order valence-corrected chi connectivity index (χ4v) is 1.82. The maximum atomic E-state index is 9.03. The van der Waals surface area contributed by atoms with Crippen LogP contribution in [0.5, 0.6) is 0 Å². The molecule has 1 aromatic carbocycles. The smallest absolute Gasteiger partial charge is 0.0519 e. The minimum atomic E-state index is 0.218. The van der Waals surface area contributed by atoms with Gasteiger partial charge in [-0.15, -0.1) is 0 Å². The zero-order valence-electron chi connectivity index (χ0n) is 9.15. The first-order chi connectivity index (χ1) is 7.29. The number of hydrogen-bond donors (Lipinski definition) is 1. The second-order valence-electron chi connectivity index (χ2n) is 4.43. The van der Waals surface area contributed by atoms with Gasteiger partial charge in [0.1, 0.15) is 0 Å². The SMILES string of the molecule is CC(CO)c1ccc(CC2COC2)cc1. The van der Waals surface area contributed by atoms with Crippen molar-refractivity contribution in [1.82, 2.24) is 0 Å². The quantitative estimate of drug-likeness (QED) is 0.816. The fraction of sp³-hybridized carbons (Fsp3) is 0.538. The van der Waals surface area contributed by atoms with Crippen molar-refractivity contribution in [3.63, 3.8) is 0 Å². The first-order valence-corrected chi connectivity index (χ1v) is 5.57. The van der Waals surface area contributed by atoms with E-state index in [1.54, 1.807) is 0 Å². The Bertz CT molecular complexity index is 301. The first kappa shape index (κ1) is 10.7. The Morgan fingerprint density at radius 2 is 2.00 bits per heavy atom. The van der Waals surface area contributed by atoms with Crippen LogP contribution >= 0.6 is 0 Å². The molecule has 0 aromatic heterocycles. The predicted octanol–water partition coefficient (Wildman–Crippen LogP) is 1.97. The molecule has 0 aliphatic carbocycles. The van der Waals surface area contributed by atoms with Crippen LogP contribution in [0.15, 0.2) is 24.3 Å². The Balaban J connectivity index is 1.96. The van der Waals surface area contributed by atoms with E-state index in [2.05, 4.69) is 24.3 Å². The molecule has 0 spiro atoms. The van der Waals surface area contributed by atoms with Crippen LogP contribution in [0.1, 0.15) is 24.0 Å². The Morgan fingerprint density at radius 3 is 2.47 bits per heavy atom. The van der Waals surface area contributed by atoms with Crippen molar-refractivity contribution < 1.29 is 9.84 Å². The average Bonchev–Trinajstić information content (AvgIpc) is 2.23. The highest BCUT2D eigenvalue weighted by Crippen LogP contribution is 2.19. The third-order valence-corrected chi connectivity index (χ3v) is 3.05. The van der Waals surface area contributed by atoms with E-state index < -0.39 is 0 Å². The zero-order valence-corrected chi connectivity index (χ0v) is 9.15. The number of hydrogen-bond acceptors (Lipinski definition) is 2. The largest absolute Gasteiger partial charge is 0.396 e. The van der Waals surface area contributed by atoms with Crippen molar-refractivity contribution in [1.29, 1.82) is 0 Å². The molecule has 2 nitrogen and oxygen atoms in total. The topological polar surface area (TPSA) is 29.5 Å². The van der Waals surface area contributed by atoms with Gasteiger partial charge in [0, 0.05) is 18.4 Å². The Kier molecular flexibility index (Phi) is 3.39. The van der Waals surface area contributed by atoms with Crippen LogP contribution in [0.25, 0.3) is 0 Å². The van der Waals surface area contributed by atoms with E-state index in [1.807, 2.05) is 6.92 Å². The molecule has 1 atom stereocenters. The average molecular weight is 206 g/mol. The van der Waals surface area contributed by atoms with Gasteiger partial charge in [-0.1, -0.05) is 31.2 Å². The van der Waals surface area contributed by atoms with Gasteiger partial charge in [0.15, 0.2) is 0 Å². The minimum absolute atomic E-state index is 0.218. The van der Waals surface area contributed by atoms with Crippen LogP contribution < -0.4 is 0 Å². The Morgan fingerprint density at radius 1 is 1.33 bits per heavy atom. The summed E-state index contributed by atoms with van der Waals surface area (Å²) in [6.45, 7) is 4.08. The number of aliphatic hydroxyl groups excluding tert-OH is 1. The van der Waals surface area contributed by atoms with E-state index in [1.165, 1.54) is 11.1 Å². The third-order valence-electron chi connectivity index (χ3n) is 3.05. The fourth-order valence-electron chi connectivity index (χ4n) is 1.82. The van der Waals surface area contributed by atoms with E-state index >= 15 is 0 Å². The maximum absolute atomic E-state index is 9.03. The lowest BCUT2D eigenvalue weighted by molar-refractivity contribution is -0.0312. The molecule has 15 heavy (non-hydrogen) atoms. The molecule has 0 radical (unpaired) electrons. The highest BCUT2D eigenvalue weighted by atomic mass is 16.5. The van der Waals surface area contributed by atoms with E-state index in [0.717, 1.165) is 19.6 Å². The van der Waals surface area contributed by atoms with E-state index in [0.29, 0.717) is 5.92 Å². The van der Waals surface area contributed by atoms with Gasteiger partial charge in [0.2, 0.25) is 0 Å². The van der Waals surface area contributed by atoms with Crippen LogP contribution in [-0.2, 0) is 11.2 Å². The van der Waals surface area contributed by atoms with Crippen LogP contribution in [0, 0.1) is 5.92 Å². The van der Waals surface area contributed by atoms with Crippen LogP contribution in [0.2, 0.25) is 0 Å². The van der Waals surface area contributed by atoms with Crippen molar-refractivity contribution in [2.24, 2.45) is 5.92 Å². The summed E-state index contributed by atoms with van der Waals surface area (Å²) >= 11 is 0. The predicted molar refractivity (Wildman–Crippen MR) is 60.0 cm³/mol. The molecule has 1 heterocycles. The van der Waals surface area contributed by atoms with Gasteiger partial charge in [-0.2, -0.15) is 0 Å². The second kappa shape index (κ2) is 4.77. The lowest BCUT2D eigenvalue weighted by atomic mass is 9.95. The summed E-state index contributed by atoms with van der Waals surface area (Å²) < 4.78 is 5.15. The summed E-state index contributed by atoms with van der Waals surface area (Å²) in [4.78, 5) is 0. The molecule has 1 N–H and O–H groups in total. The zero-order chi connectivity index (χ0) is 10.7. The van der Waals surface area contributed by atoms with Crippen molar-refractivity contribution >= 4 is 0 Å². The van der Waals surface area contributed by atoms with E-state index in [9.17, 15) is 0 Å². The molecule has 0 saturated carbocycles. The number of ether oxygens (including phenoxy) is 1. The molecule has 1 saturated heterocycles. The third kappa shape index (κ3) is 2.58. The summed E-state index contributed by atoms with van der Waals surface area (Å²) in [6.07, 6.45) is 1.12. The van der Waals surface area contributed by atoms with Gasteiger partial charge in [0.05, 0.1) is 13.2 Å². The number of benzene rings is 1. The van der Waals surface area contributed by atoms with E-state index in [4.69, 9.17) is 9.84 Å². The molecule has 1 aliphatic heterocycles. The van der Waals surface area contributed by atoms with Crippen molar-refractivity contribution in [3.8, 4) is 0 Å². The summed E-state index contributed by atoms with van der Waals surface area (Å²) in [7, 11) is 0. The van der Waals surface area contributed by atoms with Crippen molar-refractivity contribution in [3.05, 3.63) is 35.4 Å². The van der Waals surface area contributed by atoms with Gasteiger partial charge in [-0.05, 0) is 17.5 Å².